The molecular weight excluding hydrogens is 390 g/mol. The fourth-order valence-corrected chi connectivity index (χ4v) is 3.56. The topological polar surface area (TPSA) is 123 Å². The number of carbonyl (C=O) groups is 1. The summed E-state index contributed by atoms with van der Waals surface area (Å²) in [6.45, 7) is 0. The van der Waals surface area contributed by atoms with Crippen LogP contribution in [0, 0.1) is 5.41 Å². The van der Waals surface area contributed by atoms with Crippen molar-refractivity contribution in [2.75, 3.05) is 7.11 Å². The SMILES string of the molecule is COc1cc(/C=C2\C(=N)N=C(SCc3nc4ccccc4[nH]3)NC2=O)ccc1O. The predicted octanol–water partition coefficient (Wildman–Crippen LogP) is 3.06. The molecule has 0 saturated carbocycles. The number of aromatic nitrogens is 2. The third-order valence-electron chi connectivity index (χ3n) is 4.23. The Hall–Kier alpha value is -3.59. The molecule has 4 rings (SSSR count). The minimum atomic E-state index is -0.413. The molecule has 0 saturated heterocycles. The van der Waals surface area contributed by atoms with Crippen LogP contribution in [0.15, 0.2) is 53.0 Å². The molecule has 0 bridgehead atoms. The summed E-state index contributed by atoms with van der Waals surface area (Å²) in [5, 5.41) is 20.9. The molecule has 0 aliphatic carbocycles. The second-order valence-corrected chi connectivity index (χ2v) is 7.16. The van der Waals surface area contributed by atoms with Gasteiger partial charge in [-0.3, -0.25) is 10.2 Å². The summed E-state index contributed by atoms with van der Waals surface area (Å²) in [4.78, 5) is 24.4. The molecule has 0 fully saturated rings. The number of para-hydroxylation sites is 2. The molecule has 1 aliphatic rings. The average Bonchev–Trinajstić information content (AvgIpc) is 3.13. The van der Waals surface area contributed by atoms with Crippen molar-refractivity contribution in [2.45, 2.75) is 5.75 Å². The average molecular weight is 407 g/mol. The smallest absolute Gasteiger partial charge is 0.261 e. The molecule has 2 aromatic carbocycles. The number of carbonyl (C=O) groups excluding carboxylic acids is 1. The van der Waals surface area contributed by atoms with Crippen molar-refractivity contribution in [1.29, 1.82) is 5.41 Å². The Labute approximate surface area is 170 Å². The third kappa shape index (κ3) is 3.99. The van der Waals surface area contributed by atoms with Crippen molar-refractivity contribution in [3.8, 4) is 11.5 Å². The molecule has 0 unspecified atom stereocenters. The summed E-state index contributed by atoms with van der Waals surface area (Å²) >= 11 is 1.29. The fourth-order valence-electron chi connectivity index (χ4n) is 2.83. The van der Waals surface area contributed by atoms with Gasteiger partial charge in [0.15, 0.2) is 22.5 Å². The Morgan fingerprint density at radius 2 is 2.10 bits per heavy atom. The summed E-state index contributed by atoms with van der Waals surface area (Å²) in [5.41, 5.74) is 2.56. The number of aromatic amines is 1. The third-order valence-corrected chi connectivity index (χ3v) is 5.12. The maximum atomic E-state index is 12.5. The number of hydrogen-bond acceptors (Lipinski definition) is 6. The van der Waals surface area contributed by atoms with Gasteiger partial charge in [-0.15, -0.1) is 0 Å². The van der Waals surface area contributed by atoms with Gasteiger partial charge in [-0.1, -0.05) is 30.0 Å². The van der Waals surface area contributed by atoms with Crippen LogP contribution in [0.3, 0.4) is 0 Å². The molecule has 146 valence electrons. The highest BCUT2D eigenvalue weighted by Crippen LogP contribution is 2.28. The van der Waals surface area contributed by atoms with Gasteiger partial charge in [0.1, 0.15) is 5.82 Å². The maximum Gasteiger partial charge on any atom is 0.261 e. The first-order chi connectivity index (χ1) is 14.0. The first-order valence-corrected chi connectivity index (χ1v) is 9.66. The van der Waals surface area contributed by atoms with E-state index < -0.39 is 5.91 Å². The zero-order valence-corrected chi connectivity index (χ0v) is 16.2. The number of methoxy groups -OCH3 is 1. The number of imidazole rings is 1. The number of aliphatic imine (C=N–C) groups is 1. The number of rotatable bonds is 4. The molecule has 0 atom stereocenters. The molecule has 0 spiro atoms. The minimum absolute atomic E-state index is 0.000108. The number of H-pyrrole nitrogens is 1. The second kappa shape index (κ2) is 7.80. The molecule has 29 heavy (non-hydrogen) atoms. The molecule has 3 aromatic rings. The number of amides is 1. The van der Waals surface area contributed by atoms with Crippen molar-refractivity contribution in [3.63, 3.8) is 0 Å². The number of nitrogens with zero attached hydrogens (tertiary/aromatic N) is 2. The molecule has 1 aliphatic heterocycles. The van der Waals surface area contributed by atoms with Gasteiger partial charge in [0.25, 0.3) is 5.91 Å². The number of thioether (sulfide) groups is 1. The largest absolute Gasteiger partial charge is 0.504 e. The van der Waals surface area contributed by atoms with E-state index in [1.54, 1.807) is 12.1 Å². The lowest BCUT2D eigenvalue weighted by Crippen LogP contribution is -2.37. The predicted molar refractivity (Wildman–Crippen MR) is 113 cm³/mol. The van der Waals surface area contributed by atoms with E-state index in [-0.39, 0.29) is 22.9 Å². The van der Waals surface area contributed by atoms with E-state index in [4.69, 9.17) is 10.1 Å². The molecule has 4 N–H and O–H groups in total. The van der Waals surface area contributed by atoms with E-state index >= 15 is 0 Å². The molecule has 1 amide bonds. The van der Waals surface area contributed by atoms with Gasteiger partial charge in [-0.25, -0.2) is 9.98 Å². The summed E-state index contributed by atoms with van der Waals surface area (Å²) in [5.74, 6) is 0.983. The van der Waals surface area contributed by atoms with Gasteiger partial charge >= 0.3 is 0 Å². The van der Waals surface area contributed by atoms with Crippen molar-refractivity contribution in [1.82, 2.24) is 15.3 Å². The fraction of sp³-hybridized carbons (Fsp3) is 0.100. The van der Waals surface area contributed by atoms with Crippen LogP contribution >= 0.6 is 11.8 Å². The Bertz CT molecular complexity index is 1150. The minimum Gasteiger partial charge on any atom is -0.504 e. The van der Waals surface area contributed by atoms with Crippen molar-refractivity contribution >= 4 is 45.8 Å². The number of amidine groups is 2. The van der Waals surface area contributed by atoms with E-state index in [1.165, 1.54) is 31.0 Å². The summed E-state index contributed by atoms with van der Waals surface area (Å²) < 4.78 is 5.07. The maximum absolute atomic E-state index is 12.5. The molecule has 1 aromatic heterocycles. The van der Waals surface area contributed by atoms with Crippen LogP contribution in [0.5, 0.6) is 11.5 Å². The van der Waals surface area contributed by atoms with Crippen molar-refractivity contribution in [2.24, 2.45) is 4.99 Å². The summed E-state index contributed by atoms with van der Waals surface area (Å²) in [6.07, 6.45) is 1.53. The van der Waals surface area contributed by atoms with Gasteiger partial charge < -0.3 is 20.1 Å². The normalized spacial score (nSPS) is 15.5. The Balaban J connectivity index is 1.49. The Morgan fingerprint density at radius 3 is 2.86 bits per heavy atom. The van der Waals surface area contributed by atoms with Gasteiger partial charge in [-0.2, -0.15) is 0 Å². The number of phenolic OH excluding ortho intramolecular Hbond substituents is 1. The van der Waals surface area contributed by atoms with Crippen LogP contribution in [0.2, 0.25) is 0 Å². The molecule has 8 nitrogen and oxygen atoms in total. The zero-order valence-electron chi connectivity index (χ0n) is 15.4. The quantitative estimate of drug-likeness (QED) is 0.495. The first kappa shape index (κ1) is 18.8. The summed E-state index contributed by atoms with van der Waals surface area (Å²) in [7, 11) is 1.44. The van der Waals surface area contributed by atoms with E-state index in [1.807, 2.05) is 24.3 Å². The number of aromatic hydroxyl groups is 1. The van der Waals surface area contributed by atoms with Crippen LogP contribution in [-0.2, 0) is 10.5 Å². The van der Waals surface area contributed by atoms with Crippen LogP contribution in [0.1, 0.15) is 11.4 Å². The van der Waals surface area contributed by atoms with Crippen LogP contribution < -0.4 is 10.1 Å². The van der Waals surface area contributed by atoms with E-state index in [0.29, 0.717) is 16.5 Å². The lowest BCUT2D eigenvalue weighted by atomic mass is 10.1. The van der Waals surface area contributed by atoms with E-state index in [0.717, 1.165) is 16.9 Å². The van der Waals surface area contributed by atoms with Gasteiger partial charge in [0.2, 0.25) is 0 Å². The van der Waals surface area contributed by atoms with Crippen LogP contribution in [-0.4, -0.2) is 39.1 Å². The van der Waals surface area contributed by atoms with Crippen molar-refractivity contribution in [3.05, 3.63) is 59.4 Å². The molecule has 2 heterocycles. The molecule has 9 heteroatoms. The number of ether oxygens (including phenoxy) is 1. The van der Waals surface area contributed by atoms with Crippen LogP contribution in [0.25, 0.3) is 17.1 Å². The monoisotopic (exact) mass is 407 g/mol. The van der Waals surface area contributed by atoms with Crippen molar-refractivity contribution < 1.29 is 14.6 Å². The number of phenols is 1. The number of benzene rings is 2. The Kier molecular flexibility index (Phi) is 5.05. The second-order valence-electron chi connectivity index (χ2n) is 6.20. The highest BCUT2D eigenvalue weighted by molar-refractivity contribution is 8.13. The number of nitrogens with one attached hydrogen (secondary N) is 3. The Morgan fingerprint density at radius 1 is 1.28 bits per heavy atom. The van der Waals surface area contributed by atoms with E-state index in [9.17, 15) is 9.90 Å². The lowest BCUT2D eigenvalue weighted by molar-refractivity contribution is -0.115. The van der Waals surface area contributed by atoms with Gasteiger partial charge in [0, 0.05) is 0 Å². The van der Waals surface area contributed by atoms with E-state index in [2.05, 4.69) is 20.3 Å². The summed E-state index contributed by atoms with van der Waals surface area (Å²) in [6, 6.07) is 12.4. The number of hydrogen-bond donors (Lipinski definition) is 4. The highest BCUT2D eigenvalue weighted by atomic mass is 32.2. The van der Waals surface area contributed by atoms with Crippen LogP contribution in [0.4, 0.5) is 0 Å². The standard InChI is InChI=1S/C20H17N5O3S/c1-28-16-9-11(6-7-15(16)26)8-12-18(21)24-20(25-19(12)27)29-10-17-22-13-4-2-3-5-14(13)23-17/h2-9,26H,10H2,1H3,(H,22,23)(H2,21,24,25,27)/b12-8+. The number of fused-ring (bicyclic) bond motifs is 1. The first-order valence-electron chi connectivity index (χ1n) is 8.67. The zero-order chi connectivity index (χ0) is 20.4. The lowest BCUT2D eigenvalue weighted by Gasteiger charge is -2.15. The highest BCUT2D eigenvalue weighted by Gasteiger charge is 2.23. The van der Waals surface area contributed by atoms with Gasteiger partial charge in [-0.05, 0) is 35.9 Å². The van der Waals surface area contributed by atoms with Gasteiger partial charge in [0.05, 0.1) is 29.5 Å². The molecular formula is C20H17N5O3S. The molecule has 0 radical (unpaired) electrons.